The van der Waals surface area contributed by atoms with E-state index in [0.717, 1.165) is 62.9 Å². The minimum absolute atomic E-state index is 0.134. The average Bonchev–Trinajstić information content (AvgIpc) is 2.91. The van der Waals surface area contributed by atoms with Crippen molar-refractivity contribution in [2.75, 3.05) is 88.7 Å². The molecule has 0 aliphatic carbocycles. The molecule has 1 fully saturated rings. The van der Waals surface area contributed by atoms with Crippen LogP contribution < -0.4 is 25.2 Å². The van der Waals surface area contributed by atoms with Crippen LogP contribution in [0.4, 0.5) is 21.9 Å². The zero-order valence-corrected chi connectivity index (χ0v) is 22.2. The highest BCUT2D eigenvalue weighted by atomic mass is 16.5. The second-order valence-electron chi connectivity index (χ2n) is 8.99. The molecule has 0 spiro atoms. The third-order valence-electron chi connectivity index (χ3n) is 6.55. The van der Waals surface area contributed by atoms with Crippen molar-refractivity contribution in [3.63, 3.8) is 0 Å². The minimum Gasteiger partial charge on any atom is -0.495 e. The van der Waals surface area contributed by atoms with Gasteiger partial charge in [0.05, 0.1) is 18.4 Å². The molecule has 1 aliphatic rings. The van der Waals surface area contributed by atoms with Crippen LogP contribution in [-0.2, 0) is 0 Å². The maximum absolute atomic E-state index is 13.3. The van der Waals surface area contributed by atoms with E-state index in [0.29, 0.717) is 17.8 Å². The SMILES string of the molecule is CCN(CC)CCNC(=O)c1cc(NC(=O)N(C)C)ccc1N1CCN(c2ccccc2OC)CC1. The Labute approximate surface area is 215 Å². The molecule has 0 bridgehead atoms. The van der Waals surface area contributed by atoms with Crippen LogP contribution >= 0.6 is 0 Å². The van der Waals surface area contributed by atoms with Gasteiger partial charge in [0.2, 0.25) is 0 Å². The number of urea groups is 1. The summed E-state index contributed by atoms with van der Waals surface area (Å²) < 4.78 is 5.54. The topological polar surface area (TPSA) is 80.4 Å². The molecule has 3 rings (SSSR count). The number of nitrogens with one attached hydrogen (secondary N) is 2. The number of para-hydroxylation sites is 2. The number of ether oxygens (including phenoxy) is 1. The fraction of sp³-hybridized carbons (Fsp3) is 0.481. The lowest BCUT2D eigenvalue weighted by molar-refractivity contribution is 0.0949. The maximum atomic E-state index is 13.3. The van der Waals surface area contributed by atoms with E-state index in [1.165, 1.54) is 4.90 Å². The number of carbonyl (C=O) groups is 2. The Kier molecular flexibility index (Phi) is 9.81. The molecule has 2 aromatic rings. The van der Waals surface area contributed by atoms with Crippen molar-refractivity contribution < 1.29 is 14.3 Å². The van der Waals surface area contributed by atoms with Gasteiger partial charge in [-0.3, -0.25) is 4.79 Å². The summed E-state index contributed by atoms with van der Waals surface area (Å²) >= 11 is 0. The largest absolute Gasteiger partial charge is 0.495 e. The van der Waals surface area contributed by atoms with Crippen LogP contribution in [0.3, 0.4) is 0 Å². The van der Waals surface area contributed by atoms with Gasteiger partial charge in [-0.2, -0.15) is 0 Å². The molecule has 1 heterocycles. The first-order chi connectivity index (χ1) is 17.4. The molecule has 9 nitrogen and oxygen atoms in total. The van der Waals surface area contributed by atoms with Gasteiger partial charge in [0.1, 0.15) is 5.75 Å². The number of benzene rings is 2. The lowest BCUT2D eigenvalue weighted by atomic mass is 10.1. The fourth-order valence-electron chi connectivity index (χ4n) is 4.35. The van der Waals surface area contributed by atoms with Gasteiger partial charge in [-0.25, -0.2) is 4.79 Å². The predicted molar refractivity (Wildman–Crippen MR) is 147 cm³/mol. The highest BCUT2D eigenvalue weighted by Crippen LogP contribution is 2.31. The fourth-order valence-corrected chi connectivity index (χ4v) is 4.35. The monoisotopic (exact) mass is 496 g/mol. The second kappa shape index (κ2) is 13.0. The molecule has 0 aromatic heterocycles. The van der Waals surface area contributed by atoms with Crippen LogP contribution in [0.1, 0.15) is 24.2 Å². The summed E-state index contributed by atoms with van der Waals surface area (Å²) in [6, 6.07) is 13.4. The number of nitrogens with zero attached hydrogens (tertiary/aromatic N) is 4. The molecule has 196 valence electrons. The number of anilines is 3. The molecule has 2 aromatic carbocycles. The van der Waals surface area contributed by atoms with Gasteiger partial charge in [-0.05, 0) is 43.4 Å². The Morgan fingerprint density at radius 3 is 2.19 bits per heavy atom. The predicted octanol–water partition coefficient (Wildman–Crippen LogP) is 3.19. The van der Waals surface area contributed by atoms with Crippen LogP contribution in [0.15, 0.2) is 42.5 Å². The third-order valence-corrected chi connectivity index (χ3v) is 6.55. The van der Waals surface area contributed by atoms with E-state index in [4.69, 9.17) is 4.74 Å². The smallest absolute Gasteiger partial charge is 0.321 e. The van der Waals surface area contributed by atoms with Crippen LogP contribution in [0.5, 0.6) is 5.75 Å². The molecule has 1 aliphatic heterocycles. The van der Waals surface area contributed by atoms with E-state index in [1.807, 2.05) is 30.3 Å². The van der Waals surface area contributed by atoms with Crippen molar-refractivity contribution in [1.82, 2.24) is 15.1 Å². The Morgan fingerprint density at radius 1 is 0.944 bits per heavy atom. The zero-order chi connectivity index (χ0) is 26.1. The van der Waals surface area contributed by atoms with E-state index >= 15 is 0 Å². The summed E-state index contributed by atoms with van der Waals surface area (Å²) in [5.74, 6) is 0.727. The van der Waals surface area contributed by atoms with Crippen molar-refractivity contribution in [2.45, 2.75) is 13.8 Å². The Morgan fingerprint density at radius 2 is 1.58 bits per heavy atom. The van der Waals surface area contributed by atoms with Crippen molar-refractivity contribution >= 4 is 29.0 Å². The van der Waals surface area contributed by atoms with E-state index in [1.54, 1.807) is 27.3 Å². The lowest BCUT2D eigenvalue weighted by Gasteiger charge is -2.38. The van der Waals surface area contributed by atoms with Gasteiger partial charge in [-0.1, -0.05) is 26.0 Å². The zero-order valence-electron chi connectivity index (χ0n) is 22.2. The molecule has 0 unspecified atom stereocenters. The van der Waals surface area contributed by atoms with Gasteiger partial charge >= 0.3 is 6.03 Å². The summed E-state index contributed by atoms with van der Waals surface area (Å²) in [4.78, 5) is 33.8. The Hall–Kier alpha value is -3.46. The molecule has 1 saturated heterocycles. The number of likely N-dealkylation sites (N-methyl/N-ethyl adjacent to an activating group) is 1. The Bertz CT molecular complexity index is 1020. The summed E-state index contributed by atoms with van der Waals surface area (Å²) in [6.07, 6.45) is 0. The van der Waals surface area contributed by atoms with Crippen LogP contribution in [-0.4, -0.2) is 95.3 Å². The normalized spacial score (nSPS) is 13.5. The van der Waals surface area contributed by atoms with Gasteiger partial charge in [0.25, 0.3) is 5.91 Å². The van der Waals surface area contributed by atoms with Gasteiger partial charge in [0.15, 0.2) is 0 Å². The molecule has 3 amide bonds. The average molecular weight is 497 g/mol. The summed E-state index contributed by atoms with van der Waals surface area (Å²) in [6.45, 7) is 10.6. The third kappa shape index (κ3) is 6.81. The Balaban J connectivity index is 1.77. The number of methoxy groups -OCH3 is 1. The van der Waals surface area contributed by atoms with Crippen molar-refractivity contribution in [1.29, 1.82) is 0 Å². The number of amides is 3. The van der Waals surface area contributed by atoms with E-state index in [9.17, 15) is 9.59 Å². The molecule has 0 radical (unpaired) electrons. The van der Waals surface area contributed by atoms with E-state index < -0.39 is 0 Å². The number of hydrogen-bond acceptors (Lipinski definition) is 6. The highest BCUT2D eigenvalue weighted by Gasteiger charge is 2.24. The van der Waals surface area contributed by atoms with E-state index in [2.05, 4.69) is 45.2 Å². The van der Waals surface area contributed by atoms with Gasteiger partial charge < -0.3 is 35.0 Å². The van der Waals surface area contributed by atoms with Crippen molar-refractivity contribution in [3.8, 4) is 5.75 Å². The first-order valence-corrected chi connectivity index (χ1v) is 12.6. The first kappa shape index (κ1) is 27.1. The lowest BCUT2D eigenvalue weighted by Crippen LogP contribution is -2.47. The highest BCUT2D eigenvalue weighted by molar-refractivity contribution is 6.02. The quantitative estimate of drug-likeness (QED) is 0.526. The minimum atomic E-state index is -0.235. The van der Waals surface area contributed by atoms with Crippen molar-refractivity contribution in [3.05, 3.63) is 48.0 Å². The molecule has 36 heavy (non-hydrogen) atoms. The number of piperazine rings is 1. The van der Waals surface area contributed by atoms with Crippen molar-refractivity contribution in [2.24, 2.45) is 0 Å². The number of carbonyl (C=O) groups excluding carboxylic acids is 2. The van der Waals surface area contributed by atoms with Crippen LogP contribution in [0.2, 0.25) is 0 Å². The molecule has 2 N–H and O–H groups in total. The van der Waals surface area contributed by atoms with Crippen LogP contribution in [0, 0.1) is 0 Å². The number of rotatable bonds is 10. The van der Waals surface area contributed by atoms with Gasteiger partial charge in [0, 0.05) is 64.7 Å². The first-order valence-electron chi connectivity index (χ1n) is 12.6. The van der Waals surface area contributed by atoms with Crippen LogP contribution in [0.25, 0.3) is 0 Å². The maximum Gasteiger partial charge on any atom is 0.321 e. The molecular formula is C27H40N6O3. The standard InChI is InChI=1S/C27H40N6O3/c1-6-31(7-2)15-14-28-26(34)22-20-21(29-27(35)30(3)4)12-13-23(22)32-16-18-33(19-17-32)24-10-8-9-11-25(24)36-5/h8-13,20H,6-7,14-19H2,1-5H3,(H,28,34)(H,29,35). The number of hydrogen-bond donors (Lipinski definition) is 2. The summed E-state index contributed by atoms with van der Waals surface area (Å²) in [7, 11) is 5.06. The molecular weight excluding hydrogens is 456 g/mol. The molecule has 0 saturated carbocycles. The summed E-state index contributed by atoms with van der Waals surface area (Å²) in [5.41, 5.74) is 3.12. The second-order valence-corrected chi connectivity index (χ2v) is 8.99. The van der Waals surface area contributed by atoms with Gasteiger partial charge in [-0.15, -0.1) is 0 Å². The molecule has 9 heteroatoms. The molecule has 0 atom stereocenters. The summed E-state index contributed by atoms with van der Waals surface area (Å²) in [5, 5.41) is 5.93. The van der Waals surface area contributed by atoms with E-state index in [-0.39, 0.29) is 11.9 Å².